The van der Waals surface area contributed by atoms with E-state index in [-0.39, 0.29) is 18.4 Å². The van der Waals surface area contributed by atoms with Gasteiger partial charge in [0.25, 0.3) is 10.0 Å². The minimum atomic E-state index is -3.51. The maximum Gasteiger partial charge on any atom is 0.252 e. The van der Waals surface area contributed by atoms with Crippen LogP contribution in [0.3, 0.4) is 0 Å². The highest BCUT2D eigenvalue weighted by Gasteiger charge is 2.33. The summed E-state index contributed by atoms with van der Waals surface area (Å²) in [5.41, 5.74) is 1.95. The smallest absolute Gasteiger partial charge is 0.252 e. The third kappa shape index (κ3) is 4.65. The maximum absolute atomic E-state index is 12.8. The molecule has 0 radical (unpaired) electrons. The van der Waals surface area contributed by atoms with Gasteiger partial charge in [-0.3, -0.25) is 4.79 Å². The summed E-state index contributed by atoms with van der Waals surface area (Å²) in [5.74, 6) is -0.443. The van der Waals surface area contributed by atoms with Crippen molar-refractivity contribution >= 4 is 38.6 Å². The molecule has 2 fully saturated rings. The lowest BCUT2D eigenvalue weighted by atomic mass is 9.98. The van der Waals surface area contributed by atoms with Crippen LogP contribution in [0, 0.1) is 5.92 Å². The summed E-state index contributed by atoms with van der Waals surface area (Å²) in [4.78, 5) is 15.2. The molecule has 8 heteroatoms. The summed E-state index contributed by atoms with van der Waals surface area (Å²) in [6, 6.07) is 11.3. The summed E-state index contributed by atoms with van der Waals surface area (Å²) < 4.78 is 27.3. The Morgan fingerprint density at radius 1 is 1.00 bits per heavy atom. The van der Waals surface area contributed by atoms with Gasteiger partial charge in [-0.25, -0.2) is 8.42 Å². The average Bonchev–Trinajstić information content (AvgIpc) is 3.31. The van der Waals surface area contributed by atoms with Crippen molar-refractivity contribution in [3.8, 4) is 0 Å². The van der Waals surface area contributed by atoms with E-state index < -0.39 is 10.0 Å². The van der Waals surface area contributed by atoms with Gasteiger partial charge in [-0.2, -0.15) is 4.31 Å². The molecule has 0 aliphatic carbocycles. The Morgan fingerprint density at radius 3 is 2.45 bits per heavy atom. The first-order chi connectivity index (χ1) is 14.0. The van der Waals surface area contributed by atoms with Gasteiger partial charge in [-0.05, 0) is 67.8 Å². The van der Waals surface area contributed by atoms with E-state index >= 15 is 0 Å². The molecule has 1 amide bonds. The Kier molecular flexibility index (Phi) is 6.22. The Balaban J connectivity index is 1.38. The van der Waals surface area contributed by atoms with Crippen molar-refractivity contribution in [2.45, 2.75) is 36.3 Å². The van der Waals surface area contributed by atoms with Crippen LogP contribution in [0.5, 0.6) is 0 Å². The Bertz CT molecular complexity index is 921. The van der Waals surface area contributed by atoms with Crippen LogP contribution in [0.15, 0.2) is 46.0 Å². The molecule has 1 atom stereocenters. The van der Waals surface area contributed by atoms with E-state index in [2.05, 4.69) is 22.3 Å². The van der Waals surface area contributed by atoms with Crippen LogP contribution in [0.2, 0.25) is 0 Å². The number of anilines is 2. The number of benzene rings is 1. The molecule has 2 aliphatic rings. The van der Waals surface area contributed by atoms with Crippen LogP contribution >= 0.6 is 11.3 Å². The lowest BCUT2D eigenvalue weighted by molar-refractivity contribution is -0.120. The molecule has 1 aromatic carbocycles. The Hall–Kier alpha value is -1.90. The zero-order chi connectivity index (χ0) is 20.3. The molecule has 29 heavy (non-hydrogen) atoms. The molecule has 0 saturated carbocycles. The SMILES string of the molecule is O=C(Nc1ccc(N2CCCCC2)cc1)[C@H]1CCCN(S(=O)(=O)c2cccs2)C1. The highest BCUT2D eigenvalue weighted by molar-refractivity contribution is 7.91. The zero-order valence-electron chi connectivity index (χ0n) is 16.4. The summed E-state index contributed by atoms with van der Waals surface area (Å²) >= 11 is 1.21. The van der Waals surface area contributed by atoms with Gasteiger partial charge in [0.05, 0.1) is 5.92 Å². The fraction of sp³-hybridized carbons (Fsp3) is 0.476. The van der Waals surface area contributed by atoms with Gasteiger partial charge in [0, 0.05) is 37.6 Å². The topological polar surface area (TPSA) is 69.7 Å². The second-order valence-electron chi connectivity index (χ2n) is 7.72. The van der Waals surface area contributed by atoms with Crippen LogP contribution in [0.1, 0.15) is 32.1 Å². The third-order valence-electron chi connectivity index (χ3n) is 5.70. The van der Waals surface area contributed by atoms with E-state index in [1.54, 1.807) is 17.5 Å². The summed E-state index contributed by atoms with van der Waals surface area (Å²) in [6.45, 7) is 2.87. The molecule has 0 bridgehead atoms. The van der Waals surface area contributed by atoms with Crippen LogP contribution in [-0.4, -0.2) is 44.8 Å². The van der Waals surface area contributed by atoms with E-state index in [1.807, 2.05) is 12.1 Å². The van der Waals surface area contributed by atoms with Crippen molar-refractivity contribution in [3.63, 3.8) is 0 Å². The number of thiophene rings is 1. The largest absolute Gasteiger partial charge is 0.372 e. The van der Waals surface area contributed by atoms with Gasteiger partial charge in [0.1, 0.15) is 4.21 Å². The van der Waals surface area contributed by atoms with Gasteiger partial charge in [0.15, 0.2) is 0 Å². The standard InChI is InChI=1S/C21H27N3O3S2/c25-21(22-18-8-10-19(11-9-18)23-12-2-1-3-13-23)17-6-4-14-24(16-17)29(26,27)20-7-5-15-28-20/h5,7-11,15,17H,1-4,6,12-14,16H2,(H,22,25)/t17-/m0/s1. The lowest BCUT2D eigenvalue weighted by Gasteiger charge is -2.31. The fourth-order valence-corrected chi connectivity index (χ4v) is 6.73. The lowest BCUT2D eigenvalue weighted by Crippen LogP contribution is -2.43. The molecule has 2 aliphatic heterocycles. The summed E-state index contributed by atoms with van der Waals surface area (Å²) in [6.07, 6.45) is 5.14. The van der Waals surface area contributed by atoms with Crippen molar-refractivity contribution in [2.75, 3.05) is 36.4 Å². The first-order valence-electron chi connectivity index (χ1n) is 10.2. The summed E-state index contributed by atoms with van der Waals surface area (Å²) in [5, 5.41) is 4.73. The molecule has 1 N–H and O–H groups in total. The quantitative estimate of drug-likeness (QED) is 0.779. The van der Waals surface area contributed by atoms with Crippen LogP contribution in [0.4, 0.5) is 11.4 Å². The molecule has 156 valence electrons. The van der Waals surface area contributed by atoms with Crippen molar-refractivity contribution in [2.24, 2.45) is 5.92 Å². The number of nitrogens with zero attached hydrogens (tertiary/aromatic N) is 2. The first kappa shape index (κ1) is 20.4. The molecule has 6 nitrogen and oxygen atoms in total. The number of rotatable bonds is 5. The number of carbonyl (C=O) groups is 1. The van der Waals surface area contributed by atoms with E-state index in [9.17, 15) is 13.2 Å². The predicted octanol–water partition coefficient (Wildman–Crippen LogP) is 3.78. The molecule has 0 spiro atoms. The number of piperidine rings is 2. The average molecular weight is 434 g/mol. The number of sulfonamides is 1. The highest BCUT2D eigenvalue weighted by atomic mass is 32.2. The van der Waals surface area contributed by atoms with Crippen molar-refractivity contribution in [1.29, 1.82) is 0 Å². The molecular weight excluding hydrogens is 406 g/mol. The molecule has 1 aromatic heterocycles. The molecule has 4 rings (SSSR count). The van der Waals surface area contributed by atoms with Gasteiger partial charge in [-0.15, -0.1) is 11.3 Å². The third-order valence-corrected chi connectivity index (χ3v) is 8.94. The molecule has 2 aromatic rings. The minimum Gasteiger partial charge on any atom is -0.372 e. The second kappa shape index (κ2) is 8.85. The van der Waals surface area contributed by atoms with E-state index in [4.69, 9.17) is 0 Å². The maximum atomic E-state index is 12.8. The first-order valence-corrected chi connectivity index (χ1v) is 12.6. The number of nitrogens with one attached hydrogen (secondary N) is 1. The Morgan fingerprint density at radius 2 is 1.76 bits per heavy atom. The number of hydrogen-bond donors (Lipinski definition) is 1. The van der Waals surface area contributed by atoms with E-state index in [0.717, 1.165) is 18.8 Å². The fourth-order valence-electron chi connectivity index (χ4n) is 4.06. The van der Waals surface area contributed by atoms with Gasteiger partial charge in [0.2, 0.25) is 5.91 Å². The van der Waals surface area contributed by atoms with Crippen LogP contribution in [-0.2, 0) is 14.8 Å². The predicted molar refractivity (Wildman–Crippen MR) is 117 cm³/mol. The number of carbonyl (C=O) groups excluding carboxylic acids is 1. The molecular formula is C21H27N3O3S2. The Labute approximate surface area is 176 Å². The van der Waals surface area contributed by atoms with Gasteiger partial charge in [-0.1, -0.05) is 6.07 Å². The van der Waals surface area contributed by atoms with Crippen molar-refractivity contribution < 1.29 is 13.2 Å². The molecule has 3 heterocycles. The van der Waals surface area contributed by atoms with E-state index in [1.165, 1.54) is 40.6 Å². The number of amides is 1. The zero-order valence-corrected chi connectivity index (χ0v) is 18.1. The summed E-state index contributed by atoms with van der Waals surface area (Å²) in [7, 11) is -3.51. The van der Waals surface area contributed by atoms with Crippen LogP contribution < -0.4 is 10.2 Å². The highest BCUT2D eigenvalue weighted by Crippen LogP contribution is 2.27. The van der Waals surface area contributed by atoms with Crippen LogP contribution in [0.25, 0.3) is 0 Å². The van der Waals surface area contributed by atoms with Crippen molar-refractivity contribution in [3.05, 3.63) is 41.8 Å². The normalized spacial score (nSPS) is 21.1. The minimum absolute atomic E-state index is 0.109. The number of hydrogen-bond acceptors (Lipinski definition) is 5. The van der Waals surface area contributed by atoms with Gasteiger partial charge < -0.3 is 10.2 Å². The monoisotopic (exact) mass is 433 g/mol. The van der Waals surface area contributed by atoms with Crippen molar-refractivity contribution in [1.82, 2.24) is 4.31 Å². The van der Waals surface area contributed by atoms with Gasteiger partial charge >= 0.3 is 0 Å². The molecule has 2 saturated heterocycles. The second-order valence-corrected chi connectivity index (χ2v) is 10.8. The molecule has 0 unspecified atom stereocenters. The van der Waals surface area contributed by atoms with E-state index in [0.29, 0.717) is 23.6 Å².